The molecule has 0 spiro atoms. The summed E-state index contributed by atoms with van der Waals surface area (Å²) in [5, 5.41) is 130. The molecule has 0 amide bonds. The molecule has 324 valence electrons. The molecule has 1 aliphatic heterocycles. The lowest BCUT2D eigenvalue weighted by molar-refractivity contribution is -0.211. The van der Waals surface area contributed by atoms with Crippen molar-refractivity contribution < 1.29 is 70.4 Å². The van der Waals surface area contributed by atoms with Gasteiger partial charge in [0.05, 0.1) is 69.2 Å². The standard InChI is InChI=1S/C36H61N7O14/c37-13-24-2-1-3-43(24)39-33(34(54)55)35-9-21-8-22(10-35)12-36(11-21,20-35)57-7-6-56-5-4-42-15-23(38-40-42)14-41(16-25(46)29(50)31(52)27(48)18-44)17-26(47)30(51)32(53)28(49)19-45/h15,21-22,24-33,39,44-53H,1-12,14,16-20H2,(H,54,55)/t21-,22-,24?,25-,26-,27+,28+,29+,30+,31+,32+,33+,35?,36?/m0/s1. The first kappa shape index (κ1) is 45.6. The molecule has 4 bridgehead atoms. The van der Waals surface area contributed by atoms with Crippen LogP contribution >= 0.6 is 0 Å². The number of rotatable bonds is 25. The molecule has 2 heterocycles. The second-order valence-corrected chi connectivity index (χ2v) is 16.6. The van der Waals surface area contributed by atoms with E-state index in [1.54, 1.807) is 11.2 Å². The molecule has 12 atom stereocenters. The number of nitrogens with zero attached hydrogens (tertiary/aromatic N) is 6. The summed E-state index contributed by atoms with van der Waals surface area (Å²) in [5.41, 5.74) is 2.69. The van der Waals surface area contributed by atoms with Gasteiger partial charge in [-0.1, -0.05) is 5.21 Å². The first-order valence-electron chi connectivity index (χ1n) is 19.8. The lowest BCUT2D eigenvalue weighted by atomic mass is 9.46. The average molecular weight is 816 g/mol. The molecule has 21 heteroatoms. The van der Waals surface area contributed by atoms with Crippen LogP contribution in [0.1, 0.15) is 57.1 Å². The van der Waals surface area contributed by atoms with Crippen LogP contribution in [0, 0.1) is 28.6 Å². The SMILES string of the molecule is N#CC1CCCN1N[C@H](C(=O)O)C12C[C@@H]3C[C@H](CC(OCCOCCn4cc(CN(C[C@H](O)[C@@H](O)[C@H](O)[C@H](O)CO)C[C@H](O)[C@@H](O)[C@H](O)[C@H](O)CO)nn4)(C3)C1)C2. The quantitative estimate of drug-likeness (QED) is 0.0412. The fourth-order valence-electron chi connectivity index (χ4n) is 9.83. The number of carbonyl (C=O) groups is 1. The van der Waals surface area contributed by atoms with Crippen molar-refractivity contribution in [2.24, 2.45) is 17.3 Å². The van der Waals surface area contributed by atoms with E-state index in [9.17, 15) is 56.0 Å². The Morgan fingerprint density at radius 2 is 1.51 bits per heavy atom. The van der Waals surface area contributed by atoms with E-state index in [-0.39, 0.29) is 32.3 Å². The number of hydrogen-bond acceptors (Lipinski definition) is 19. The van der Waals surface area contributed by atoms with Gasteiger partial charge in [0, 0.05) is 37.8 Å². The lowest BCUT2D eigenvalue weighted by Gasteiger charge is -2.63. The number of hydrazine groups is 1. The van der Waals surface area contributed by atoms with Crippen LogP contribution in [0.2, 0.25) is 0 Å². The summed E-state index contributed by atoms with van der Waals surface area (Å²) in [6.07, 6.45) is -6.41. The molecule has 0 aromatic carbocycles. The first-order valence-corrected chi connectivity index (χ1v) is 19.8. The Hall–Kier alpha value is -2.50. The van der Waals surface area contributed by atoms with Gasteiger partial charge in [0.1, 0.15) is 48.7 Å². The number of hydrogen-bond donors (Lipinski definition) is 12. The van der Waals surface area contributed by atoms with Crippen molar-refractivity contribution in [3.05, 3.63) is 11.9 Å². The van der Waals surface area contributed by atoms with Crippen LogP contribution in [0.3, 0.4) is 0 Å². The Kier molecular flexibility index (Phi) is 16.1. The minimum absolute atomic E-state index is 0.125. The molecule has 1 saturated heterocycles. The van der Waals surface area contributed by atoms with E-state index in [2.05, 4.69) is 21.8 Å². The number of carboxylic acid groups (broad SMARTS) is 1. The van der Waals surface area contributed by atoms with E-state index < -0.39 is 98.2 Å². The monoisotopic (exact) mass is 815 g/mol. The van der Waals surface area contributed by atoms with Gasteiger partial charge in [-0.3, -0.25) is 9.69 Å². The van der Waals surface area contributed by atoms with Gasteiger partial charge in [-0.2, -0.15) is 5.26 Å². The molecule has 5 fully saturated rings. The molecule has 5 aliphatic rings. The van der Waals surface area contributed by atoms with Crippen molar-refractivity contribution in [2.75, 3.05) is 52.7 Å². The maximum absolute atomic E-state index is 12.7. The number of aromatic nitrogens is 3. The fourth-order valence-corrected chi connectivity index (χ4v) is 9.83. The van der Waals surface area contributed by atoms with E-state index in [1.807, 2.05) is 0 Å². The Morgan fingerprint density at radius 3 is 2.07 bits per heavy atom. The number of aliphatic hydroxyl groups excluding tert-OH is 10. The van der Waals surface area contributed by atoms with E-state index in [4.69, 9.17) is 19.7 Å². The first-order chi connectivity index (χ1) is 27.1. The Morgan fingerprint density at radius 1 is 0.912 bits per heavy atom. The van der Waals surface area contributed by atoms with Crippen LogP contribution < -0.4 is 5.43 Å². The molecule has 6 rings (SSSR count). The third kappa shape index (κ3) is 11.2. The van der Waals surface area contributed by atoms with Crippen LogP contribution in [0.25, 0.3) is 0 Å². The second-order valence-electron chi connectivity index (χ2n) is 16.6. The minimum atomic E-state index is -1.92. The lowest BCUT2D eigenvalue weighted by Crippen LogP contribution is -2.66. The van der Waals surface area contributed by atoms with Crippen molar-refractivity contribution >= 4 is 5.97 Å². The molecule has 4 aliphatic carbocycles. The molecule has 12 N–H and O–H groups in total. The highest BCUT2D eigenvalue weighted by Gasteiger charge is 2.62. The van der Waals surface area contributed by atoms with Gasteiger partial charge in [0.25, 0.3) is 0 Å². The van der Waals surface area contributed by atoms with Gasteiger partial charge >= 0.3 is 5.97 Å². The number of aliphatic hydroxyl groups is 10. The van der Waals surface area contributed by atoms with Gasteiger partial charge in [-0.15, -0.1) is 5.10 Å². The van der Waals surface area contributed by atoms with Crippen LogP contribution in [0.5, 0.6) is 0 Å². The summed E-state index contributed by atoms with van der Waals surface area (Å²) in [4.78, 5) is 14.0. The topological polar surface area (TPSA) is 331 Å². The van der Waals surface area contributed by atoms with E-state index in [1.165, 1.54) is 9.58 Å². The van der Waals surface area contributed by atoms with Gasteiger partial charge in [0.15, 0.2) is 0 Å². The highest BCUT2D eigenvalue weighted by Crippen LogP contribution is 2.64. The predicted octanol–water partition coefficient (Wildman–Crippen LogP) is -4.73. The summed E-state index contributed by atoms with van der Waals surface area (Å²) in [5.74, 6) is -0.158. The predicted molar refractivity (Wildman–Crippen MR) is 194 cm³/mol. The zero-order valence-corrected chi connectivity index (χ0v) is 32.1. The fraction of sp³-hybridized carbons (Fsp3) is 0.889. The second kappa shape index (κ2) is 20.2. The van der Waals surface area contributed by atoms with E-state index in [0.29, 0.717) is 43.5 Å². The van der Waals surface area contributed by atoms with Crippen molar-refractivity contribution in [3.8, 4) is 6.07 Å². The van der Waals surface area contributed by atoms with Gasteiger partial charge < -0.3 is 65.6 Å². The summed E-state index contributed by atoms with van der Waals surface area (Å²) in [6, 6.07) is 1.14. The van der Waals surface area contributed by atoms with Crippen LogP contribution in [0.4, 0.5) is 0 Å². The molecule has 0 radical (unpaired) electrons. The largest absolute Gasteiger partial charge is 0.480 e. The van der Waals surface area contributed by atoms with E-state index in [0.717, 1.165) is 38.5 Å². The third-order valence-electron chi connectivity index (χ3n) is 12.2. The number of carboxylic acids is 1. The molecular weight excluding hydrogens is 754 g/mol. The molecule has 1 aromatic heterocycles. The Labute approximate surface area is 330 Å². The number of nitrogens with one attached hydrogen (secondary N) is 1. The highest BCUT2D eigenvalue weighted by atomic mass is 16.5. The average Bonchev–Trinajstić information content (AvgIpc) is 3.84. The van der Waals surface area contributed by atoms with Crippen molar-refractivity contribution in [1.82, 2.24) is 30.3 Å². The zero-order chi connectivity index (χ0) is 41.5. The summed E-state index contributed by atoms with van der Waals surface area (Å²) < 4.78 is 13.9. The molecule has 1 unspecified atom stereocenters. The van der Waals surface area contributed by atoms with Crippen molar-refractivity contribution in [2.45, 2.75) is 131 Å². The molecule has 4 saturated carbocycles. The zero-order valence-electron chi connectivity index (χ0n) is 32.1. The third-order valence-corrected chi connectivity index (χ3v) is 12.2. The summed E-state index contributed by atoms with van der Waals surface area (Å²) in [7, 11) is 0. The van der Waals surface area contributed by atoms with Crippen molar-refractivity contribution in [3.63, 3.8) is 0 Å². The number of nitriles is 1. The maximum atomic E-state index is 12.7. The maximum Gasteiger partial charge on any atom is 0.322 e. The van der Waals surface area contributed by atoms with Gasteiger partial charge in [0.2, 0.25) is 0 Å². The van der Waals surface area contributed by atoms with Gasteiger partial charge in [-0.25, -0.2) is 15.1 Å². The van der Waals surface area contributed by atoms with Crippen LogP contribution in [-0.2, 0) is 27.4 Å². The summed E-state index contributed by atoms with van der Waals surface area (Å²) >= 11 is 0. The number of ether oxygens (including phenoxy) is 2. The molecule has 1 aromatic rings. The Bertz CT molecular complexity index is 1430. The normalized spacial score (nSPS) is 30.7. The molecular formula is C36H61N7O14. The smallest absolute Gasteiger partial charge is 0.322 e. The van der Waals surface area contributed by atoms with E-state index >= 15 is 0 Å². The molecule has 21 nitrogen and oxygen atoms in total. The Balaban J connectivity index is 1.12. The van der Waals surface area contributed by atoms with Gasteiger partial charge in [-0.05, 0) is 63.2 Å². The number of aliphatic carboxylic acids is 1. The van der Waals surface area contributed by atoms with Crippen LogP contribution in [-0.4, -0.2) is 206 Å². The van der Waals surface area contributed by atoms with Crippen molar-refractivity contribution in [1.29, 1.82) is 5.26 Å². The molecule has 57 heavy (non-hydrogen) atoms. The summed E-state index contributed by atoms with van der Waals surface area (Å²) in [6.45, 7) is -1.03. The highest BCUT2D eigenvalue weighted by molar-refractivity contribution is 5.75. The minimum Gasteiger partial charge on any atom is -0.480 e. The van der Waals surface area contributed by atoms with Crippen LogP contribution in [0.15, 0.2) is 6.20 Å².